The molecular formula is C19H20N6O5S. The van der Waals surface area contributed by atoms with Crippen molar-refractivity contribution in [2.75, 3.05) is 30.4 Å². The van der Waals surface area contributed by atoms with Gasteiger partial charge in [0.1, 0.15) is 11.3 Å². The van der Waals surface area contributed by atoms with Crippen LogP contribution in [-0.4, -0.2) is 52.8 Å². The Kier molecular flexibility index (Phi) is 6.60. The normalized spacial score (nSPS) is 10.5. The fourth-order valence-electron chi connectivity index (χ4n) is 2.69. The fraction of sp³-hybridized carbons (Fsp3) is 0.211. The Balaban J connectivity index is 1.98. The van der Waals surface area contributed by atoms with Gasteiger partial charge < -0.3 is 25.2 Å². The highest BCUT2D eigenvalue weighted by Crippen LogP contribution is 2.34. The highest BCUT2D eigenvalue weighted by Gasteiger charge is 2.18. The lowest BCUT2D eigenvalue weighted by Crippen LogP contribution is -2.34. The first kappa shape index (κ1) is 21.9. The number of nitrogens with one attached hydrogen (secondary N) is 2. The number of benzene rings is 1. The Morgan fingerprint density at radius 1 is 1.16 bits per heavy atom. The molecule has 31 heavy (non-hydrogen) atoms. The number of nitrogens with zero attached hydrogens (tertiary/aromatic N) is 4. The topological polar surface area (TPSA) is 139 Å². The van der Waals surface area contributed by atoms with Gasteiger partial charge in [-0.15, -0.1) is 0 Å². The van der Waals surface area contributed by atoms with E-state index in [4.69, 9.17) is 9.47 Å². The predicted octanol–water partition coefficient (Wildman–Crippen LogP) is 2.86. The molecule has 0 atom stereocenters. The summed E-state index contributed by atoms with van der Waals surface area (Å²) in [6.07, 6.45) is 1.44. The van der Waals surface area contributed by atoms with Crippen molar-refractivity contribution in [2.24, 2.45) is 0 Å². The van der Waals surface area contributed by atoms with Crippen LogP contribution in [0.4, 0.5) is 22.1 Å². The molecule has 3 rings (SSSR count). The van der Waals surface area contributed by atoms with Gasteiger partial charge in [0.15, 0.2) is 23.0 Å². The number of carboxylic acids is 1. The number of hydrogen-bond acceptors (Lipinski definition) is 9. The molecule has 0 saturated heterocycles. The SMILES string of the molecule is CCNC(=O)N(S)c1ccc2ncc(Nc3cc(OC)c(OC)cc3C(=O)O)nc2n1. The van der Waals surface area contributed by atoms with Crippen molar-refractivity contribution >= 4 is 53.3 Å². The fourth-order valence-corrected chi connectivity index (χ4v) is 2.88. The van der Waals surface area contributed by atoms with Gasteiger partial charge >= 0.3 is 12.0 Å². The summed E-state index contributed by atoms with van der Waals surface area (Å²) in [6.45, 7) is 2.23. The summed E-state index contributed by atoms with van der Waals surface area (Å²) < 4.78 is 11.5. The minimum absolute atomic E-state index is 0.0426. The molecule has 11 nitrogen and oxygen atoms in total. The van der Waals surface area contributed by atoms with Crippen molar-refractivity contribution in [2.45, 2.75) is 6.92 Å². The molecular weight excluding hydrogens is 424 g/mol. The maximum absolute atomic E-state index is 12.0. The van der Waals surface area contributed by atoms with Crippen LogP contribution in [-0.2, 0) is 0 Å². The lowest BCUT2D eigenvalue weighted by Gasteiger charge is -2.15. The van der Waals surface area contributed by atoms with Gasteiger partial charge in [-0.2, -0.15) is 0 Å². The van der Waals surface area contributed by atoms with Crippen molar-refractivity contribution < 1.29 is 24.2 Å². The molecule has 3 N–H and O–H groups in total. The largest absolute Gasteiger partial charge is 0.493 e. The Morgan fingerprint density at radius 2 is 1.87 bits per heavy atom. The molecule has 0 aliphatic carbocycles. The van der Waals surface area contributed by atoms with Gasteiger partial charge in [0.25, 0.3) is 0 Å². The Morgan fingerprint density at radius 3 is 2.52 bits per heavy atom. The smallest absolute Gasteiger partial charge is 0.337 e. The number of aromatic nitrogens is 3. The molecule has 2 heterocycles. The molecule has 3 aromatic rings. The quantitative estimate of drug-likeness (QED) is 0.405. The third kappa shape index (κ3) is 4.69. The zero-order valence-corrected chi connectivity index (χ0v) is 17.8. The van der Waals surface area contributed by atoms with E-state index in [9.17, 15) is 14.7 Å². The lowest BCUT2D eigenvalue weighted by atomic mass is 10.1. The highest BCUT2D eigenvalue weighted by molar-refractivity contribution is 7.82. The second kappa shape index (κ2) is 9.34. The molecule has 0 fully saturated rings. The van der Waals surface area contributed by atoms with Crippen LogP contribution in [0, 0.1) is 0 Å². The summed E-state index contributed by atoms with van der Waals surface area (Å²) in [5.41, 5.74) is 0.910. The average molecular weight is 444 g/mol. The van der Waals surface area contributed by atoms with E-state index < -0.39 is 12.0 Å². The van der Waals surface area contributed by atoms with Gasteiger partial charge in [0, 0.05) is 18.7 Å². The number of pyridine rings is 1. The second-order valence-electron chi connectivity index (χ2n) is 6.10. The molecule has 2 amide bonds. The first-order chi connectivity index (χ1) is 14.9. The zero-order chi connectivity index (χ0) is 22.5. The third-order valence-electron chi connectivity index (χ3n) is 4.15. The van der Waals surface area contributed by atoms with Crippen molar-refractivity contribution in [1.29, 1.82) is 0 Å². The first-order valence-electron chi connectivity index (χ1n) is 9.04. The number of methoxy groups -OCH3 is 2. The average Bonchev–Trinajstić information content (AvgIpc) is 2.77. The van der Waals surface area contributed by atoms with Crippen LogP contribution in [0.15, 0.2) is 30.5 Å². The van der Waals surface area contributed by atoms with Gasteiger partial charge in [0.05, 0.1) is 31.7 Å². The number of hydrogen-bond donors (Lipinski definition) is 4. The number of carbonyl (C=O) groups excluding carboxylic acids is 1. The molecule has 0 saturated carbocycles. The zero-order valence-electron chi connectivity index (χ0n) is 16.9. The monoisotopic (exact) mass is 444 g/mol. The summed E-state index contributed by atoms with van der Waals surface area (Å²) in [4.78, 5) is 36.6. The highest BCUT2D eigenvalue weighted by atomic mass is 32.1. The van der Waals surface area contributed by atoms with Gasteiger partial charge in [-0.05, 0) is 19.1 Å². The van der Waals surface area contributed by atoms with Gasteiger partial charge in [0.2, 0.25) is 0 Å². The van der Waals surface area contributed by atoms with Gasteiger partial charge in [-0.25, -0.2) is 28.8 Å². The number of thiol groups is 1. The number of rotatable bonds is 7. The minimum atomic E-state index is -1.16. The van der Waals surface area contributed by atoms with E-state index in [1.807, 2.05) is 0 Å². The molecule has 0 aliphatic heterocycles. The molecule has 0 radical (unpaired) electrons. The minimum Gasteiger partial charge on any atom is -0.493 e. The number of ether oxygens (including phenoxy) is 2. The van der Waals surface area contributed by atoms with Crippen molar-refractivity contribution in [3.63, 3.8) is 0 Å². The molecule has 0 aliphatic rings. The van der Waals surface area contributed by atoms with Gasteiger partial charge in [-0.1, -0.05) is 12.8 Å². The molecule has 162 valence electrons. The van der Waals surface area contributed by atoms with E-state index in [-0.39, 0.29) is 34.3 Å². The number of urea groups is 1. The van der Waals surface area contributed by atoms with Crippen LogP contribution in [0.2, 0.25) is 0 Å². The van der Waals surface area contributed by atoms with Crippen LogP contribution in [0.3, 0.4) is 0 Å². The van der Waals surface area contributed by atoms with E-state index in [0.29, 0.717) is 17.8 Å². The van der Waals surface area contributed by atoms with Crippen LogP contribution < -0.4 is 24.4 Å². The van der Waals surface area contributed by atoms with E-state index >= 15 is 0 Å². The standard InChI is InChI=1S/C19H20N6O5S/c1-4-20-19(28)25(31)16-6-5-11-17(24-16)23-15(9-21-11)22-12-8-14(30-3)13(29-2)7-10(12)18(26)27/h5-9,31H,4H2,1-3H3,(H,20,28)(H,26,27)(H,22,23,24). The van der Waals surface area contributed by atoms with Crippen LogP contribution in [0.5, 0.6) is 11.5 Å². The second-order valence-corrected chi connectivity index (χ2v) is 6.50. The van der Waals surface area contributed by atoms with Crippen molar-refractivity contribution in [3.05, 3.63) is 36.0 Å². The van der Waals surface area contributed by atoms with E-state index in [1.54, 1.807) is 19.1 Å². The van der Waals surface area contributed by atoms with Gasteiger partial charge in [-0.3, -0.25) is 0 Å². The number of anilines is 3. The van der Waals surface area contributed by atoms with Crippen molar-refractivity contribution in [1.82, 2.24) is 20.3 Å². The Hall–Kier alpha value is -3.80. The van der Waals surface area contributed by atoms with Crippen LogP contribution in [0.1, 0.15) is 17.3 Å². The summed E-state index contributed by atoms with van der Waals surface area (Å²) >= 11 is 4.16. The molecule has 0 unspecified atom stereocenters. The summed E-state index contributed by atoms with van der Waals surface area (Å²) in [5.74, 6) is -0.0381. The number of fused-ring (bicyclic) bond motifs is 1. The van der Waals surface area contributed by atoms with Crippen LogP contribution >= 0.6 is 12.8 Å². The lowest BCUT2D eigenvalue weighted by molar-refractivity contribution is 0.0697. The number of amides is 2. The maximum atomic E-state index is 12.0. The Bertz CT molecular complexity index is 1140. The maximum Gasteiger partial charge on any atom is 0.337 e. The summed E-state index contributed by atoms with van der Waals surface area (Å²) in [5, 5.41) is 15.1. The van der Waals surface area contributed by atoms with Crippen LogP contribution in [0.25, 0.3) is 11.2 Å². The molecule has 12 heteroatoms. The molecule has 2 aromatic heterocycles. The predicted molar refractivity (Wildman–Crippen MR) is 118 cm³/mol. The molecule has 0 bridgehead atoms. The number of aromatic carboxylic acids is 1. The summed E-state index contributed by atoms with van der Waals surface area (Å²) in [6, 6.07) is 5.64. The molecule has 1 aromatic carbocycles. The van der Waals surface area contributed by atoms with E-state index in [0.717, 1.165) is 4.31 Å². The Labute approximate surface area is 183 Å². The summed E-state index contributed by atoms with van der Waals surface area (Å²) in [7, 11) is 2.86. The van der Waals surface area contributed by atoms with Crippen molar-refractivity contribution in [3.8, 4) is 11.5 Å². The number of carbonyl (C=O) groups is 2. The first-order valence-corrected chi connectivity index (χ1v) is 9.44. The van der Waals surface area contributed by atoms with E-state index in [1.165, 1.54) is 32.5 Å². The van der Waals surface area contributed by atoms with E-state index in [2.05, 4.69) is 38.4 Å². The molecule has 0 spiro atoms. The number of carboxylic acid groups (broad SMARTS) is 1. The third-order valence-corrected chi connectivity index (χ3v) is 4.53.